The average Bonchev–Trinajstić information content (AvgIpc) is 3.78. The maximum atomic E-state index is 14.5. The monoisotopic (exact) mass is 994 g/mol. The Labute approximate surface area is 436 Å². The van der Waals surface area contributed by atoms with Crippen molar-refractivity contribution in [1.82, 2.24) is 4.90 Å². The van der Waals surface area contributed by atoms with Crippen LogP contribution in [-0.4, -0.2) is 48.9 Å². The highest BCUT2D eigenvalue weighted by molar-refractivity contribution is 7.22. The number of carbonyl (C=O) groups excluding carboxylic acids is 3. The van der Waals surface area contributed by atoms with Gasteiger partial charge in [-0.15, -0.1) is 11.3 Å². The summed E-state index contributed by atoms with van der Waals surface area (Å²) in [7, 11) is 0. The summed E-state index contributed by atoms with van der Waals surface area (Å²) in [6.45, 7) is 8.05. The Morgan fingerprint density at radius 3 is 1.58 bits per heavy atom. The third kappa shape index (κ3) is 22.5. The second kappa shape index (κ2) is 35.5. The zero-order chi connectivity index (χ0) is 50.7. The Balaban J connectivity index is 1.13. The van der Waals surface area contributed by atoms with Crippen molar-refractivity contribution in [2.24, 2.45) is 0 Å². The van der Waals surface area contributed by atoms with Gasteiger partial charge in [-0.05, 0) is 175 Å². The van der Waals surface area contributed by atoms with E-state index >= 15 is 0 Å². The van der Waals surface area contributed by atoms with Crippen LogP contribution in [0.2, 0.25) is 0 Å². The largest absolute Gasteiger partial charge is 0.492 e. The van der Waals surface area contributed by atoms with Gasteiger partial charge in [0.15, 0.2) is 5.78 Å². The van der Waals surface area contributed by atoms with Crippen molar-refractivity contribution >= 4 is 39.1 Å². The van der Waals surface area contributed by atoms with Gasteiger partial charge in [0.2, 0.25) is 0 Å². The van der Waals surface area contributed by atoms with Crippen molar-refractivity contribution < 1.29 is 28.6 Å². The first-order valence-electron chi connectivity index (χ1n) is 27.4. The van der Waals surface area contributed by atoms with Crippen LogP contribution in [0.3, 0.4) is 0 Å². The van der Waals surface area contributed by atoms with Crippen LogP contribution in [-0.2, 0) is 9.59 Å². The predicted molar refractivity (Wildman–Crippen MR) is 303 cm³/mol. The second-order valence-corrected chi connectivity index (χ2v) is 19.8. The van der Waals surface area contributed by atoms with E-state index in [1.807, 2.05) is 48.5 Å². The molecule has 386 valence electrons. The molecule has 8 heteroatoms. The Morgan fingerprint density at radius 2 is 1.01 bits per heavy atom. The quantitative estimate of drug-likeness (QED) is 0.0149. The first-order valence-corrected chi connectivity index (χ1v) is 28.2. The number of thiophene rings is 1. The van der Waals surface area contributed by atoms with Crippen molar-refractivity contribution in [3.05, 3.63) is 151 Å². The topological polar surface area (TPSA) is 82.1 Å². The standard InChI is InChI=1S/C64H83NO6S/c1-3-5-7-9-11-13-15-17-19-21-23-25-27-29-32-36-60(66)70-56-44-40-54(41-45-56)64-62(63(68)53-38-42-55(43-39-53)69-51-50-65-48-34-31-35-49-65)58-47-46-57(52-59(58)72-64)71-61(67)37-33-30-28-26-24-22-20-18-16-14-12-10-8-6-4-2/h5-8,11-14,17-20,38-47,52H,3-4,9-10,15-16,21-37,48-51H2,1-2H3/b7-5-,8-6-,13-11-,14-12-,19-17-,20-18-. The fraction of sp³-hybridized carbons (Fsp3) is 0.453. The first-order chi connectivity index (χ1) is 35.4. The van der Waals surface area contributed by atoms with E-state index in [2.05, 4.69) is 91.7 Å². The summed E-state index contributed by atoms with van der Waals surface area (Å²) in [5.41, 5.74) is 1.97. The Bertz CT molecular complexity index is 2360. The summed E-state index contributed by atoms with van der Waals surface area (Å²) >= 11 is 1.49. The lowest BCUT2D eigenvalue weighted by molar-refractivity contribution is -0.135. The number of esters is 2. The number of rotatable bonds is 35. The van der Waals surface area contributed by atoms with Gasteiger partial charge in [0.05, 0.1) is 0 Å². The molecule has 5 rings (SSSR count). The molecule has 2 heterocycles. The molecule has 7 nitrogen and oxygen atoms in total. The van der Waals surface area contributed by atoms with Crippen LogP contribution < -0.4 is 14.2 Å². The summed E-state index contributed by atoms with van der Waals surface area (Å²) in [6, 6.07) is 20.4. The van der Waals surface area contributed by atoms with Gasteiger partial charge in [0, 0.05) is 45.5 Å². The van der Waals surface area contributed by atoms with Gasteiger partial charge in [-0.3, -0.25) is 19.3 Å². The van der Waals surface area contributed by atoms with E-state index in [9.17, 15) is 14.4 Å². The first kappa shape index (κ1) is 57.3. The maximum Gasteiger partial charge on any atom is 0.311 e. The highest BCUT2D eigenvalue weighted by atomic mass is 32.1. The number of allylic oxidation sites excluding steroid dienone is 12. The molecule has 0 amide bonds. The maximum absolute atomic E-state index is 14.5. The number of unbranched alkanes of at least 4 members (excludes halogenated alkanes) is 10. The fourth-order valence-corrected chi connectivity index (χ4v) is 9.94. The van der Waals surface area contributed by atoms with Gasteiger partial charge >= 0.3 is 11.9 Å². The molecule has 0 saturated carbocycles. The molecule has 0 aliphatic carbocycles. The average molecular weight is 994 g/mol. The van der Waals surface area contributed by atoms with Crippen LogP contribution in [0, 0.1) is 0 Å². The Hall–Kier alpha value is -5.57. The van der Waals surface area contributed by atoms with E-state index in [4.69, 9.17) is 14.2 Å². The van der Waals surface area contributed by atoms with Crippen molar-refractivity contribution in [3.63, 3.8) is 0 Å². The Morgan fingerprint density at radius 1 is 0.528 bits per heavy atom. The molecule has 0 radical (unpaired) electrons. The van der Waals surface area contributed by atoms with Crippen molar-refractivity contribution in [3.8, 4) is 27.7 Å². The van der Waals surface area contributed by atoms with Crippen molar-refractivity contribution in [1.29, 1.82) is 0 Å². The van der Waals surface area contributed by atoms with Crippen LogP contribution in [0.5, 0.6) is 17.2 Å². The van der Waals surface area contributed by atoms with Gasteiger partial charge in [-0.1, -0.05) is 132 Å². The molecule has 0 atom stereocenters. The fourth-order valence-electron chi connectivity index (χ4n) is 8.71. The molecular formula is C64H83NO6S. The highest BCUT2D eigenvalue weighted by Gasteiger charge is 2.23. The van der Waals surface area contributed by atoms with Crippen molar-refractivity contribution in [2.75, 3.05) is 26.2 Å². The minimum atomic E-state index is -0.249. The normalized spacial score (nSPS) is 13.6. The number of hydrogen-bond acceptors (Lipinski definition) is 8. The molecule has 0 bridgehead atoms. The highest BCUT2D eigenvalue weighted by Crippen LogP contribution is 2.42. The van der Waals surface area contributed by atoms with Crippen LogP contribution in [0.25, 0.3) is 20.5 Å². The predicted octanol–water partition coefficient (Wildman–Crippen LogP) is 17.7. The van der Waals surface area contributed by atoms with E-state index in [-0.39, 0.29) is 17.7 Å². The van der Waals surface area contributed by atoms with Crippen LogP contribution >= 0.6 is 11.3 Å². The molecule has 1 aliphatic rings. The van der Waals surface area contributed by atoms with E-state index in [0.717, 1.165) is 161 Å². The smallest absolute Gasteiger partial charge is 0.311 e. The molecule has 0 N–H and O–H groups in total. The summed E-state index contributed by atoms with van der Waals surface area (Å²) in [5.74, 6) is 1.09. The molecular weight excluding hydrogens is 911 g/mol. The van der Waals surface area contributed by atoms with E-state index in [1.54, 1.807) is 18.2 Å². The molecule has 72 heavy (non-hydrogen) atoms. The van der Waals surface area contributed by atoms with E-state index in [0.29, 0.717) is 42.1 Å². The number of fused-ring (bicyclic) bond motifs is 1. The van der Waals surface area contributed by atoms with Crippen LogP contribution in [0.4, 0.5) is 0 Å². The number of benzene rings is 3. The minimum absolute atomic E-state index is 0.106. The minimum Gasteiger partial charge on any atom is -0.492 e. The van der Waals surface area contributed by atoms with Gasteiger partial charge in [-0.2, -0.15) is 0 Å². The molecule has 1 saturated heterocycles. The number of ether oxygens (including phenoxy) is 3. The number of piperidine rings is 1. The molecule has 0 unspecified atom stereocenters. The molecule has 1 aromatic heterocycles. The number of nitrogens with zero attached hydrogens (tertiary/aromatic N) is 1. The van der Waals surface area contributed by atoms with Crippen molar-refractivity contribution in [2.45, 2.75) is 162 Å². The van der Waals surface area contributed by atoms with Gasteiger partial charge in [-0.25, -0.2) is 0 Å². The number of hydrogen-bond donors (Lipinski definition) is 0. The lowest BCUT2D eigenvalue weighted by Crippen LogP contribution is -2.33. The lowest BCUT2D eigenvalue weighted by atomic mass is 9.97. The molecule has 0 spiro atoms. The summed E-state index contributed by atoms with van der Waals surface area (Å²) in [6.07, 6.45) is 50.0. The summed E-state index contributed by atoms with van der Waals surface area (Å²) in [4.78, 5) is 43.6. The Kier molecular flexibility index (Phi) is 28.3. The van der Waals surface area contributed by atoms with Gasteiger partial charge in [0.25, 0.3) is 0 Å². The summed E-state index contributed by atoms with van der Waals surface area (Å²) < 4.78 is 18.5. The summed E-state index contributed by atoms with van der Waals surface area (Å²) in [5, 5.41) is 0.790. The van der Waals surface area contributed by atoms with E-state index in [1.165, 1.54) is 30.6 Å². The SMILES string of the molecule is CC/C=C\C/C=C\C/C=C\CCCCCCCC(=O)Oc1ccc(-c2sc3cc(OC(=O)CCCCCCC/C=C\C/C=C\C/C=C\CC)ccc3c2C(=O)c2ccc(OCCN3CCCCC3)cc2)cc1. The van der Waals surface area contributed by atoms with Crippen LogP contribution in [0.15, 0.2) is 140 Å². The third-order valence-corrected chi connectivity index (χ3v) is 14.0. The lowest BCUT2D eigenvalue weighted by Gasteiger charge is -2.26. The number of ketones is 1. The van der Waals surface area contributed by atoms with Gasteiger partial charge < -0.3 is 14.2 Å². The molecule has 1 fully saturated rings. The zero-order valence-electron chi connectivity index (χ0n) is 43.7. The molecule has 4 aromatic rings. The second-order valence-electron chi connectivity index (χ2n) is 18.7. The van der Waals surface area contributed by atoms with Gasteiger partial charge in [0.1, 0.15) is 23.9 Å². The third-order valence-electron chi connectivity index (χ3n) is 12.8. The number of likely N-dealkylation sites (tertiary alicyclic amines) is 1. The zero-order valence-corrected chi connectivity index (χ0v) is 44.5. The molecule has 1 aliphatic heterocycles. The van der Waals surface area contributed by atoms with E-state index < -0.39 is 0 Å². The van der Waals surface area contributed by atoms with Crippen LogP contribution in [0.1, 0.15) is 177 Å². The molecule has 3 aromatic carbocycles. The number of carbonyl (C=O) groups is 3.